The van der Waals surface area contributed by atoms with Crippen molar-refractivity contribution in [3.8, 4) is 5.75 Å². The van der Waals surface area contributed by atoms with Crippen molar-refractivity contribution in [3.63, 3.8) is 0 Å². The second-order valence-electron chi connectivity index (χ2n) is 4.29. The van der Waals surface area contributed by atoms with Crippen LogP contribution in [0.25, 0.3) is 0 Å². The van der Waals surface area contributed by atoms with Crippen LogP contribution in [0.3, 0.4) is 0 Å². The average molecular weight is 258 g/mol. The third kappa shape index (κ3) is 5.39. The summed E-state index contributed by atoms with van der Waals surface area (Å²) < 4.78 is 10.9. The van der Waals surface area contributed by atoms with Crippen LogP contribution >= 0.6 is 11.6 Å². The summed E-state index contributed by atoms with van der Waals surface area (Å²) in [5.74, 6) is 1.22. The Hall–Kier alpha value is -0.770. The van der Waals surface area contributed by atoms with Crippen LogP contribution in [0, 0.1) is 5.92 Å². The molecule has 96 valence electrons. The first-order chi connectivity index (χ1) is 8.13. The minimum absolute atomic E-state index is 0.484. The van der Waals surface area contributed by atoms with Crippen LogP contribution in [-0.4, -0.2) is 19.8 Å². The molecule has 0 aromatic heterocycles. The minimum Gasteiger partial charge on any atom is -0.490 e. The highest BCUT2D eigenvalue weighted by atomic mass is 35.5. The Morgan fingerprint density at radius 2 is 2.06 bits per heavy atom. The summed E-state index contributed by atoms with van der Waals surface area (Å²) in [5.41, 5.74) is 6.52. The van der Waals surface area contributed by atoms with Gasteiger partial charge in [-0.15, -0.1) is 0 Å². The van der Waals surface area contributed by atoms with Gasteiger partial charge in [0.05, 0.1) is 11.6 Å². The largest absolute Gasteiger partial charge is 0.490 e. The molecule has 1 aromatic carbocycles. The van der Waals surface area contributed by atoms with Crippen molar-refractivity contribution in [1.82, 2.24) is 0 Å². The second-order valence-corrected chi connectivity index (χ2v) is 4.69. The predicted molar refractivity (Wildman–Crippen MR) is 70.5 cm³/mol. The Bertz CT molecular complexity index is 342. The monoisotopic (exact) mass is 257 g/mol. The summed E-state index contributed by atoms with van der Waals surface area (Å²) in [6.07, 6.45) is 0. The molecule has 0 bridgehead atoms. The third-order valence-electron chi connectivity index (χ3n) is 2.17. The fraction of sp³-hybridized carbons (Fsp3) is 0.538. The highest BCUT2D eigenvalue weighted by Crippen LogP contribution is 2.25. The van der Waals surface area contributed by atoms with E-state index >= 15 is 0 Å². The first kappa shape index (κ1) is 14.3. The fourth-order valence-corrected chi connectivity index (χ4v) is 1.58. The number of nitrogens with two attached hydrogens (primary N) is 1. The second kappa shape index (κ2) is 7.54. The van der Waals surface area contributed by atoms with E-state index in [1.165, 1.54) is 0 Å². The Morgan fingerprint density at radius 3 is 2.65 bits per heavy atom. The lowest BCUT2D eigenvalue weighted by molar-refractivity contribution is 0.0819. The van der Waals surface area contributed by atoms with Gasteiger partial charge in [0.15, 0.2) is 0 Å². The number of hydrogen-bond donors (Lipinski definition) is 1. The summed E-state index contributed by atoms with van der Waals surface area (Å²) in [6.45, 7) is 6.55. The number of hydrogen-bond acceptors (Lipinski definition) is 3. The zero-order chi connectivity index (χ0) is 12.7. The van der Waals surface area contributed by atoms with Gasteiger partial charge in [0.25, 0.3) is 0 Å². The Labute approximate surface area is 108 Å². The third-order valence-corrected chi connectivity index (χ3v) is 2.46. The highest BCUT2D eigenvalue weighted by Gasteiger charge is 2.02. The standard InChI is InChI=1S/C13H20ClNO2/c1-10(2)9-16-5-6-17-13-4-3-11(8-15)7-12(13)14/h3-4,7,10H,5-6,8-9,15H2,1-2H3. The first-order valence-corrected chi connectivity index (χ1v) is 6.20. The number of benzene rings is 1. The Morgan fingerprint density at radius 1 is 1.29 bits per heavy atom. The van der Waals surface area contributed by atoms with E-state index in [1.807, 2.05) is 18.2 Å². The maximum Gasteiger partial charge on any atom is 0.138 e. The molecule has 0 aliphatic heterocycles. The molecule has 1 rings (SSSR count). The van der Waals surface area contributed by atoms with Crippen LogP contribution < -0.4 is 10.5 Å². The van der Waals surface area contributed by atoms with E-state index in [-0.39, 0.29) is 0 Å². The summed E-state index contributed by atoms with van der Waals surface area (Å²) in [4.78, 5) is 0. The van der Waals surface area contributed by atoms with E-state index in [1.54, 1.807) is 0 Å². The van der Waals surface area contributed by atoms with Crippen molar-refractivity contribution < 1.29 is 9.47 Å². The van der Waals surface area contributed by atoms with Gasteiger partial charge in [0.1, 0.15) is 12.4 Å². The predicted octanol–water partition coefficient (Wildman–Crippen LogP) is 2.85. The molecule has 2 N–H and O–H groups in total. The average Bonchev–Trinajstić information content (AvgIpc) is 2.30. The van der Waals surface area contributed by atoms with Gasteiger partial charge in [-0.25, -0.2) is 0 Å². The summed E-state index contributed by atoms with van der Waals surface area (Å²) in [5, 5.41) is 0.594. The van der Waals surface area contributed by atoms with Gasteiger partial charge in [-0.05, 0) is 23.6 Å². The molecule has 4 heteroatoms. The molecule has 0 atom stereocenters. The summed E-state index contributed by atoms with van der Waals surface area (Å²) >= 11 is 6.05. The SMILES string of the molecule is CC(C)COCCOc1ccc(CN)cc1Cl. The molecule has 1 aromatic rings. The maximum atomic E-state index is 6.05. The van der Waals surface area contributed by atoms with Crippen molar-refractivity contribution in [3.05, 3.63) is 28.8 Å². The van der Waals surface area contributed by atoms with Gasteiger partial charge in [-0.2, -0.15) is 0 Å². The molecule has 17 heavy (non-hydrogen) atoms. The molecule has 0 saturated carbocycles. The molecule has 0 saturated heterocycles. The lowest BCUT2D eigenvalue weighted by atomic mass is 10.2. The van der Waals surface area contributed by atoms with E-state index in [4.69, 9.17) is 26.8 Å². The molecule has 0 unspecified atom stereocenters. The van der Waals surface area contributed by atoms with E-state index in [2.05, 4.69) is 13.8 Å². The number of halogens is 1. The molecular weight excluding hydrogens is 238 g/mol. The van der Waals surface area contributed by atoms with Crippen LogP contribution in [0.5, 0.6) is 5.75 Å². The van der Waals surface area contributed by atoms with Gasteiger partial charge >= 0.3 is 0 Å². The van der Waals surface area contributed by atoms with E-state index in [0.717, 1.165) is 12.2 Å². The Kier molecular flexibility index (Phi) is 6.34. The molecule has 0 aliphatic rings. The van der Waals surface area contributed by atoms with Gasteiger partial charge in [0.2, 0.25) is 0 Å². The van der Waals surface area contributed by atoms with Crippen molar-refractivity contribution in [2.24, 2.45) is 11.7 Å². The topological polar surface area (TPSA) is 44.5 Å². The molecular formula is C13H20ClNO2. The molecule has 3 nitrogen and oxygen atoms in total. The lowest BCUT2D eigenvalue weighted by Gasteiger charge is -2.10. The summed E-state index contributed by atoms with van der Waals surface area (Å²) in [7, 11) is 0. The first-order valence-electron chi connectivity index (χ1n) is 5.82. The van der Waals surface area contributed by atoms with Gasteiger partial charge in [0, 0.05) is 13.2 Å². The zero-order valence-electron chi connectivity index (χ0n) is 10.4. The zero-order valence-corrected chi connectivity index (χ0v) is 11.2. The quantitative estimate of drug-likeness (QED) is 0.764. The van der Waals surface area contributed by atoms with Crippen molar-refractivity contribution >= 4 is 11.6 Å². The van der Waals surface area contributed by atoms with E-state index in [9.17, 15) is 0 Å². The normalized spacial score (nSPS) is 10.9. The summed E-state index contributed by atoms with van der Waals surface area (Å²) in [6, 6.07) is 5.58. The maximum absolute atomic E-state index is 6.05. The molecule has 0 radical (unpaired) electrons. The number of ether oxygens (including phenoxy) is 2. The van der Waals surface area contributed by atoms with Crippen molar-refractivity contribution in [2.75, 3.05) is 19.8 Å². The molecule has 0 aliphatic carbocycles. The lowest BCUT2D eigenvalue weighted by Crippen LogP contribution is -2.10. The van der Waals surface area contributed by atoms with Crippen LogP contribution in [0.2, 0.25) is 5.02 Å². The van der Waals surface area contributed by atoms with Crippen LogP contribution in [0.15, 0.2) is 18.2 Å². The minimum atomic E-state index is 0.484. The molecule has 0 amide bonds. The van der Waals surface area contributed by atoms with Crippen molar-refractivity contribution in [1.29, 1.82) is 0 Å². The highest BCUT2D eigenvalue weighted by molar-refractivity contribution is 6.32. The van der Waals surface area contributed by atoms with Crippen LogP contribution in [-0.2, 0) is 11.3 Å². The molecule has 0 heterocycles. The smallest absolute Gasteiger partial charge is 0.138 e. The molecule has 0 fully saturated rings. The van der Waals surface area contributed by atoms with E-state index in [0.29, 0.717) is 36.4 Å². The molecule has 0 spiro atoms. The van der Waals surface area contributed by atoms with Crippen molar-refractivity contribution in [2.45, 2.75) is 20.4 Å². The van der Waals surface area contributed by atoms with Gasteiger partial charge in [-0.1, -0.05) is 31.5 Å². The number of rotatable bonds is 7. The van der Waals surface area contributed by atoms with Gasteiger partial charge < -0.3 is 15.2 Å². The van der Waals surface area contributed by atoms with Crippen LogP contribution in [0.1, 0.15) is 19.4 Å². The Balaban J connectivity index is 2.32. The van der Waals surface area contributed by atoms with Crippen LogP contribution in [0.4, 0.5) is 0 Å². The fourth-order valence-electron chi connectivity index (χ4n) is 1.32. The van der Waals surface area contributed by atoms with E-state index < -0.39 is 0 Å². The van der Waals surface area contributed by atoms with Gasteiger partial charge in [-0.3, -0.25) is 0 Å².